The number of hydrogen-bond donors (Lipinski definition) is 0. The van der Waals surface area contributed by atoms with Crippen LogP contribution < -0.4 is 0 Å². The van der Waals surface area contributed by atoms with Crippen molar-refractivity contribution in [3.05, 3.63) is 143 Å². The maximum Gasteiger partial charge on any atom is 0.123 e. The molecule has 0 saturated heterocycles. The molecule has 1 fully saturated rings. The monoisotopic (exact) mass is 875 g/mol. The second-order valence-corrected chi connectivity index (χ2v) is 14.1. The van der Waals surface area contributed by atoms with E-state index in [4.69, 9.17) is 23.6 Å². The molecule has 0 bridgehead atoms. The van der Waals surface area contributed by atoms with Crippen molar-refractivity contribution in [1.82, 2.24) is 9.97 Å². The molecular formula is C48H48IrN2O-2. The van der Waals surface area contributed by atoms with E-state index in [2.05, 4.69) is 42.9 Å². The average Bonchev–Trinajstić information content (AvgIpc) is 3.92. The Hall–Kier alpha value is -4.37. The van der Waals surface area contributed by atoms with Crippen LogP contribution in [0, 0.1) is 45.5 Å². The number of para-hydroxylation sites is 1. The molecule has 4 heteroatoms. The Morgan fingerprint density at radius 3 is 2.29 bits per heavy atom. The van der Waals surface area contributed by atoms with Crippen LogP contribution in [0.1, 0.15) is 99.0 Å². The summed E-state index contributed by atoms with van der Waals surface area (Å²) >= 11 is 0. The van der Waals surface area contributed by atoms with E-state index in [9.17, 15) is 0 Å². The van der Waals surface area contributed by atoms with Crippen LogP contribution in [0.5, 0.6) is 0 Å². The predicted molar refractivity (Wildman–Crippen MR) is 213 cm³/mol. The quantitative estimate of drug-likeness (QED) is 0.162. The Morgan fingerprint density at radius 1 is 0.769 bits per heavy atom. The maximum absolute atomic E-state index is 8.84. The molecule has 0 unspecified atom stereocenters. The average molecular weight is 875 g/mol. The Bertz CT molecular complexity index is 2770. The SMILES string of the molecule is [2H]C([2H])([2H])c1c[c-]c(-c2ccc(C(C)(C)C)cn2)cc1.[2H]C([2H])([2H])c1cnc(-c2[c-]ccc3c2oc2c(C([2H])([2H])[2H])cccc23)cc1-c1ccc(C([2H])([2H])C2CCCC2)cc1C([2H])([2H])[2H].[Ir]. The van der Waals surface area contributed by atoms with Crippen molar-refractivity contribution in [1.29, 1.82) is 0 Å². The minimum atomic E-state index is -2.68. The van der Waals surface area contributed by atoms with Gasteiger partial charge < -0.3 is 14.4 Å². The molecule has 0 spiro atoms. The van der Waals surface area contributed by atoms with E-state index in [0.717, 1.165) is 24.1 Å². The van der Waals surface area contributed by atoms with E-state index in [-0.39, 0.29) is 76.1 Å². The standard InChI is InChI=1S/C32H30NO.C16H18N.Ir/c1-20-8-6-11-26-27-12-7-13-28(32(27)34-31(20)26)30-18-29(22(3)19-33-30)25-15-14-24(16-21(25)2)17-23-9-4-5-10-23;1-12-5-7-13(8-6-12)15-10-9-14(11-17-15)16(2,3)4;/h6-8,11-12,14-16,18-19,23H,4-5,9-10,17H2,1-3H3;5-7,9-11H,1-4H3;/q2*-1;/i1D3,2D3,3D3,17D2;1D3;. The van der Waals surface area contributed by atoms with Gasteiger partial charge in [0.25, 0.3) is 0 Å². The van der Waals surface area contributed by atoms with Crippen molar-refractivity contribution in [2.75, 3.05) is 0 Å². The molecule has 1 radical (unpaired) electrons. The van der Waals surface area contributed by atoms with Crippen molar-refractivity contribution < 1.29 is 43.7 Å². The van der Waals surface area contributed by atoms with E-state index in [0.29, 0.717) is 40.3 Å². The number of pyridine rings is 2. The van der Waals surface area contributed by atoms with Gasteiger partial charge >= 0.3 is 0 Å². The van der Waals surface area contributed by atoms with Crippen molar-refractivity contribution in [2.45, 2.75) is 85.6 Å². The number of benzene rings is 4. The molecule has 3 aromatic heterocycles. The van der Waals surface area contributed by atoms with Crippen molar-refractivity contribution >= 4 is 21.9 Å². The third-order valence-corrected chi connectivity index (χ3v) is 9.37. The second-order valence-electron chi connectivity index (χ2n) is 14.1. The summed E-state index contributed by atoms with van der Waals surface area (Å²) in [6.45, 7) is -3.41. The minimum Gasteiger partial charge on any atom is -0.500 e. The van der Waals surface area contributed by atoms with Gasteiger partial charge in [-0.05, 0) is 88.6 Å². The summed E-state index contributed by atoms with van der Waals surface area (Å²) in [6, 6.07) is 29.1. The summed E-state index contributed by atoms with van der Waals surface area (Å²) in [7, 11) is 0. The van der Waals surface area contributed by atoms with Gasteiger partial charge in [0, 0.05) is 57.1 Å². The molecule has 3 heterocycles. The van der Waals surface area contributed by atoms with Crippen LogP contribution in [0.25, 0.3) is 55.6 Å². The normalized spacial score (nSPS) is 18.4. The number of aryl methyl sites for hydroxylation is 4. The molecular weight excluding hydrogens is 813 g/mol. The molecule has 7 aromatic rings. The van der Waals surface area contributed by atoms with Gasteiger partial charge in [-0.1, -0.05) is 119 Å². The van der Waals surface area contributed by atoms with Crippen LogP contribution in [0.15, 0.2) is 102 Å². The number of hydrogen-bond acceptors (Lipinski definition) is 3. The van der Waals surface area contributed by atoms with Gasteiger partial charge in [0.1, 0.15) is 5.58 Å². The van der Waals surface area contributed by atoms with Crippen LogP contribution in [-0.2, 0) is 31.9 Å². The third-order valence-electron chi connectivity index (χ3n) is 9.37. The number of rotatable bonds is 5. The predicted octanol–water partition coefficient (Wildman–Crippen LogP) is 12.9. The Balaban J connectivity index is 0.000000288. The molecule has 267 valence electrons. The molecule has 3 nitrogen and oxygen atoms in total. The number of fused-ring (bicyclic) bond motifs is 3. The first kappa shape index (κ1) is 23.3. The van der Waals surface area contributed by atoms with Crippen LogP contribution in [-0.4, -0.2) is 9.97 Å². The topological polar surface area (TPSA) is 38.9 Å². The zero-order valence-corrected chi connectivity index (χ0v) is 31.7. The van der Waals surface area contributed by atoms with Gasteiger partial charge in [-0.3, -0.25) is 0 Å². The van der Waals surface area contributed by atoms with Gasteiger partial charge in [-0.2, -0.15) is 0 Å². The first-order valence-corrected chi connectivity index (χ1v) is 17.2. The molecule has 1 saturated carbocycles. The fourth-order valence-electron chi connectivity index (χ4n) is 6.52. The summed E-state index contributed by atoms with van der Waals surface area (Å²) in [6.07, 6.45) is 4.58. The van der Waals surface area contributed by atoms with E-state index in [1.54, 1.807) is 42.5 Å². The van der Waals surface area contributed by atoms with Crippen molar-refractivity contribution in [2.24, 2.45) is 5.92 Å². The Labute approximate surface area is 343 Å². The maximum atomic E-state index is 8.84. The summed E-state index contributed by atoms with van der Waals surface area (Å²) in [5.74, 6) is -0.232. The summed E-state index contributed by atoms with van der Waals surface area (Å²) in [5, 5.41) is 1.21. The van der Waals surface area contributed by atoms with Gasteiger partial charge in [-0.25, -0.2) is 0 Å². The largest absolute Gasteiger partial charge is 0.500 e. The van der Waals surface area contributed by atoms with Crippen LogP contribution in [0.3, 0.4) is 0 Å². The van der Waals surface area contributed by atoms with Crippen LogP contribution >= 0.6 is 0 Å². The Kier molecular flexibility index (Phi) is 7.04. The first-order chi connectivity index (χ1) is 30.2. The van der Waals surface area contributed by atoms with E-state index in [1.807, 2.05) is 18.3 Å². The van der Waals surface area contributed by atoms with Crippen LogP contribution in [0.2, 0.25) is 0 Å². The van der Waals surface area contributed by atoms with Gasteiger partial charge in [0.05, 0.1) is 5.58 Å². The zero-order chi connectivity index (χ0) is 47.5. The third kappa shape index (κ3) is 7.99. The molecule has 1 aliphatic carbocycles. The van der Waals surface area contributed by atoms with E-state index >= 15 is 0 Å². The summed E-state index contributed by atoms with van der Waals surface area (Å²) in [4.78, 5) is 8.87. The fraction of sp³-hybridized carbons (Fsp3) is 0.292. The molecule has 1 aliphatic rings. The fourth-order valence-corrected chi connectivity index (χ4v) is 6.52. The summed E-state index contributed by atoms with van der Waals surface area (Å²) in [5.41, 5.74) is 4.48. The Morgan fingerprint density at radius 2 is 1.58 bits per heavy atom. The number of aromatic nitrogens is 2. The molecule has 4 aromatic carbocycles. The molecule has 8 rings (SSSR count). The van der Waals surface area contributed by atoms with E-state index in [1.165, 1.54) is 42.1 Å². The van der Waals surface area contributed by atoms with Gasteiger partial charge in [-0.15, -0.1) is 53.6 Å². The molecule has 52 heavy (non-hydrogen) atoms. The zero-order valence-electron chi connectivity index (χ0n) is 43.3. The number of nitrogens with zero attached hydrogens (tertiary/aromatic N) is 2. The molecule has 0 aliphatic heterocycles. The smallest absolute Gasteiger partial charge is 0.123 e. The van der Waals surface area contributed by atoms with Crippen molar-refractivity contribution in [3.8, 4) is 33.6 Å². The first-order valence-electron chi connectivity index (χ1n) is 24.2. The van der Waals surface area contributed by atoms with Crippen LogP contribution in [0.4, 0.5) is 0 Å². The van der Waals surface area contributed by atoms with Gasteiger partial charge in [0.15, 0.2) is 0 Å². The summed E-state index contributed by atoms with van der Waals surface area (Å²) < 4.78 is 119. The van der Waals surface area contributed by atoms with E-state index < -0.39 is 33.8 Å². The molecule has 0 N–H and O–H groups in total. The number of furan rings is 1. The van der Waals surface area contributed by atoms with Crippen molar-refractivity contribution in [3.63, 3.8) is 0 Å². The second kappa shape index (κ2) is 15.7. The van der Waals surface area contributed by atoms with Gasteiger partial charge in [0.2, 0.25) is 0 Å². The molecule has 0 amide bonds. The minimum absolute atomic E-state index is 0. The molecule has 0 atom stereocenters.